The second kappa shape index (κ2) is 4.69. The van der Waals surface area contributed by atoms with Crippen LogP contribution in [0.25, 0.3) is 0 Å². The molecule has 0 fully saturated rings. The van der Waals surface area contributed by atoms with Crippen LogP contribution in [-0.4, -0.2) is 13.6 Å². The Morgan fingerprint density at radius 1 is 1.62 bits per heavy atom. The molecule has 0 saturated carbocycles. The number of nitrogens with one attached hydrogen (secondary N) is 1. The van der Waals surface area contributed by atoms with Gasteiger partial charge in [0, 0.05) is 22.6 Å². The molecular formula is C9H12BrFN2. The van der Waals surface area contributed by atoms with Crippen molar-refractivity contribution in [3.8, 4) is 0 Å². The minimum absolute atomic E-state index is 0.127. The van der Waals surface area contributed by atoms with Crippen LogP contribution in [-0.2, 0) is 0 Å². The molecule has 2 nitrogen and oxygen atoms in total. The predicted octanol–water partition coefficient (Wildman–Crippen LogP) is 1.81. The van der Waals surface area contributed by atoms with E-state index in [-0.39, 0.29) is 11.9 Å². The first-order valence-corrected chi connectivity index (χ1v) is 4.80. The van der Waals surface area contributed by atoms with Gasteiger partial charge in [-0.1, -0.05) is 15.9 Å². The molecular weight excluding hydrogens is 235 g/mol. The fraction of sp³-hybridized carbons (Fsp3) is 0.333. The first kappa shape index (κ1) is 10.6. The minimum atomic E-state index is -0.229. The monoisotopic (exact) mass is 246 g/mol. The van der Waals surface area contributed by atoms with Gasteiger partial charge >= 0.3 is 0 Å². The fourth-order valence-corrected chi connectivity index (χ4v) is 1.56. The molecule has 0 amide bonds. The maximum atomic E-state index is 13.3. The second-order valence-electron chi connectivity index (χ2n) is 2.74. The number of rotatable bonds is 3. The van der Waals surface area contributed by atoms with E-state index in [1.54, 1.807) is 19.2 Å². The van der Waals surface area contributed by atoms with Crippen LogP contribution in [0.15, 0.2) is 22.7 Å². The molecule has 0 bridgehead atoms. The van der Waals surface area contributed by atoms with Gasteiger partial charge in [0.15, 0.2) is 0 Å². The highest BCUT2D eigenvalue weighted by molar-refractivity contribution is 9.10. The maximum Gasteiger partial charge on any atom is 0.128 e. The SMILES string of the molecule is CNC(CN)c1cc(Br)ccc1F. The molecule has 0 saturated heterocycles. The summed E-state index contributed by atoms with van der Waals surface area (Å²) < 4.78 is 14.1. The Hall–Kier alpha value is -0.450. The Bertz CT molecular complexity index is 287. The van der Waals surface area contributed by atoms with Gasteiger partial charge < -0.3 is 11.1 Å². The molecule has 0 aliphatic carbocycles. The first-order valence-electron chi connectivity index (χ1n) is 4.01. The summed E-state index contributed by atoms with van der Waals surface area (Å²) in [6.07, 6.45) is 0. The molecule has 0 spiro atoms. The van der Waals surface area contributed by atoms with Crippen LogP contribution >= 0.6 is 15.9 Å². The summed E-state index contributed by atoms with van der Waals surface area (Å²) in [5.41, 5.74) is 6.09. The molecule has 1 rings (SSSR count). The number of hydrogen-bond acceptors (Lipinski definition) is 2. The summed E-state index contributed by atoms with van der Waals surface area (Å²) in [4.78, 5) is 0. The van der Waals surface area contributed by atoms with Gasteiger partial charge in [-0.25, -0.2) is 4.39 Å². The standard InChI is InChI=1S/C9H12BrFN2/c1-13-9(5-12)7-4-6(10)2-3-8(7)11/h2-4,9,13H,5,12H2,1H3. The van der Waals surface area contributed by atoms with Gasteiger partial charge in [0.2, 0.25) is 0 Å². The number of nitrogens with two attached hydrogens (primary N) is 1. The Morgan fingerprint density at radius 2 is 2.31 bits per heavy atom. The van der Waals surface area contributed by atoms with Crippen molar-refractivity contribution in [1.82, 2.24) is 5.32 Å². The average molecular weight is 247 g/mol. The Morgan fingerprint density at radius 3 is 2.85 bits per heavy atom. The highest BCUT2D eigenvalue weighted by Crippen LogP contribution is 2.20. The Labute approximate surface area is 85.4 Å². The van der Waals surface area contributed by atoms with Crippen molar-refractivity contribution < 1.29 is 4.39 Å². The van der Waals surface area contributed by atoms with Crippen molar-refractivity contribution in [2.24, 2.45) is 5.73 Å². The topological polar surface area (TPSA) is 38.0 Å². The molecule has 72 valence electrons. The number of likely N-dealkylation sites (N-methyl/N-ethyl adjacent to an activating group) is 1. The van der Waals surface area contributed by atoms with Crippen molar-refractivity contribution in [3.05, 3.63) is 34.1 Å². The predicted molar refractivity (Wildman–Crippen MR) is 55.0 cm³/mol. The molecule has 13 heavy (non-hydrogen) atoms. The number of halogens is 2. The Kier molecular flexibility index (Phi) is 3.84. The van der Waals surface area contributed by atoms with Crippen molar-refractivity contribution in [1.29, 1.82) is 0 Å². The summed E-state index contributed by atoms with van der Waals surface area (Å²) in [6, 6.07) is 4.71. The van der Waals surface area contributed by atoms with Crippen molar-refractivity contribution >= 4 is 15.9 Å². The van der Waals surface area contributed by atoms with Gasteiger partial charge in [0.05, 0.1) is 0 Å². The van der Waals surface area contributed by atoms with Crippen molar-refractivity contribution in [2.45, 2.75) is 6.04 Å². The van der Waals surface area contributed by atoms with Gasteiger partial charge in [-0.15, -0.1) is 0 Å². The maximum absolute atomic E-state index is 13.3. The molecule has 1 aromatic rings. The zero-order valence-electron chi connectivity index (χ0n) is 7.35. The van der Waals surface area contributed by atoms with E-state index in [2.05, 4.69) is 21.2 Å². The summed E-state index contributed by atoms with van der Waals surface area (Å²) >= 11 is 3.29. The summed E-state index contributed by atoms with van der Waals surface area (Å²) in [5, 5.41) is 2.95. The van der Waals surface area contributed by atoms with Crippen LogP contribution in [0.5, 0.6) is 0 Å². The third kappa shape index (κ3) is 2.49. The smallest absolute Gasteiger partial charge is 0.128 e. The lowest BCUT2D eigenvalue weighted by molar-refractivity contribution is 0.541. The van der Waals surface area contributed by atoms with Crippen LogP contribution in [0.3, 0.4) is 0 Å². The van der Waals surface area contributed by atoms with Gasteiger partial charge in [-0.2, -0.15) is 0 Å². The molecule has 4 heteroatoms. The highest BCUT2D eigenvalue weighted by Gasteiger charge is 2.11. The van der Waals surface area contributed by atoms with E-state index in [0.29, 0.717) is 12.1 Å². The van der Waals surface area contributed by atoms with E-state index in [0.717, 1.165) is 4.47 Å². The number of benzene rings is 1. The Balaban J connectivity index is 3.03. The van der Waals surface area contributed by atoms with Crippen LogP contribution in [0, 0.1) is 5.82 Å². The van der Waals surface area contributed by atoms with Crippen LogP contribution < -0.4 is 11.1 Å². The van der Waals surface area contributed by atoms with Gasteiger partial charge in [0.1, 0.15) is 5.82 Å². The van der Waals surface area contributed by atoms with Crippen LogP contribution in [0.1, 0.15) is 11.6 Å². The summed E-state index contributed by atoms with van der Waals surface area (Å²) in [7, 11) is 1.76. The van der Waals surface area contributed by atoms with Crippen LogP contribution in [0.2, 0.25) is 0 Å². The van der Waals surface area contributed by atoms with Crippen molar-refractivity contribution in [2.75, 3.05) is 13.6 Å². The molecule has 0 aliphatic heterocycles. The first-order chi connectivity index (χ1) is 6.19. The van der Waals surface area contributed by atoms with Gasteiger partial charge in [0.25, 0.3) is 0 Å². The zero-order chi connectivity index (χ0) is 9.84. The van der Waals surface area contributed by atoms with E-state index >= 15 is 0 Å². The average Bonchev–Trinajstić information content (AvgIpc) is 2.13. The third-order valence-electron chi connectivity index (χ3n) is 1.92. The van der Waals surface area contributed by atoms with Crippen LogP contribution in [0.4, 0.5) is 4.39 Å². The summed E-state index contributed by atoms with van der Waals surface area (Å²) in [6.45, 7) is 0.379. The van der Waals surface area contributed by atoms with E-state index in [9.17, 15) is 4.39 Å². The normalized spacial score (nSPS) is 12.9. The lowest BCUT2D eigenvalue weighted by atomic mass is 10.1. The molecule has 0 aromatic heterocycles. The third-order valence-corrected chi connectivity index (χ3v) is 2.41. The van der Waals surface area contributed by atoms with E-state index < -0.39 is 0 Å². The van der Waals surface area contributed by atoms with Crippen molar-refractivity contribution in [3.63, 3.8) is 0 Å². The molecule has 1 aromatic carbocycles. The molecule has 0 heterocycles. The van der Waals surface area contributed by atoms with Gasteiger partial charge in [-0.3, -0.25) is 0 Å². The number of hydrogen-bond donors (Lipinski definition) is 2. The molecule has 0 aliphatic rings. The fourth-order valence-electron chi connectivity index (χ4n) is 1.18. The lowest BCUT2D eigenvalue weighted by Crippen LogP contribution is -2.25. The van der Waals surface area contributed by atoms with Gasteiger partial charge in [-0.05, 0) is 25.2 Å². The minimum Gasteiger partial charge on any atom is -0.329 e. The molecule has 0 radical (unpaired) electrons. The van der Waals surface area contributed by atoms with E-state index in [4.69, 9.17) is 5.73 Å². The largest absolute Gasteiger partial charge is 0.329 e. The lowest BCUT2D eigenvalue weighted by Gasteiger charge is -2.14. The molecule has 1 unspecified atom stereocenters. The zero-order valence-corrected chi connectivity index (χ0v) is 8.94. The van der Waals surface area contributed by atoms with E-state index in [1.165, 1.54) is 6.07 Å². The summed E-state index contributed by atoms with van der Waals surface area (Å²) in [5.74, 6) is -0.229. The molecule has 3 N–H and O–H groups in total. The quantitative estimate of drug-likeness (QED) is 0.854. The second-order valence-corrected chi connectivity index (χ2v) is 3.66. The molecule has 1 atom stereocenters. The highest BCUT2D eigenvalue weighted by atomic mass is 79.9. The van der Waals surface area contributed by atoms with E-state index in [1.807, 2.05) is 0 Å².